The molecule has 0 unspecified atom stereocenters. The molecule has 0 saturated carbocycles. The monoisotopic (exact) mass is 256 g/mol. The first-order valence-electron chi connectivity index (χ1n) is 5.64. The molecule has 0 aromatic heterocycles. The number of rotatable bonds is 6. The zero-order chi connectivity index (χ0) is 14.6. The van der Waals surface area contributed by atoms with Gasteiger partial charge in [0.15, 0.2) is 0 Å². The molecule has 6 N–H and O–H groups in total. The standard InChI is InChI=1S/2C6H12N2O/c1-5(6(8)9)3-2-4-7;1-3-6(9)8(2)5-4-7/h3H,2,4,7H2,1H3,(H2,8,9);3H,1,4-5,7H2,2H3. The van der Waals surface area contributed by atoms with Gasteiger partial charge in [-0.3, -0.25) is 9.59 Å². The lowest BCUT2D eigenvalue weighted by molar-refractivity contribution is -0.124. The maximum Gasteiger partial charge on any atom is 0.245 e. The quantitative estimate of drug-likeness (QED) is 0.548. The number of nitrogens with zero attached hydrogens (tertiary/aromatic N) is 1. The van der Waals surface area contributed by atoms with Gasteiger partial charge >= 0.3 is 0 Å². The molecule has 0 aliphatic rings. The first kappa shape index (κ1) is 18.7. The molecule has 6 heteroatoms. The molecule has 0 aromatic carbocycles. The van der Waals surface area contributed by atoms with Crippen LogP contribution in [-0.2, 0) is 9.59 Å². The van der Waals surface area contributed by atoms with E-state index in [9.17, 15) is 9.59 Å². The fourth-order valence-electron chi connectivity index (χ4n) is 0.860. The van der Waals surface area contributed by atoms with E-state index >= 15 is 0 Å². The van der Waals surface area contributed by atoms with E-state index in [1.54, 1.807) is 20.0 Å². The van der Waals surface area contributed by atoms with Crippen molar-refractivity contribution >= 4 is 11.8 Å². The third-order valence-corrected chi connectivity index (χ3v) is 2.02. The molecule has 104 valence electrons. The van der Waals surface area contributed by atoms with Crippen LogP contribution in [0.1, 0.15) is 13.3 Å². The molecule has 0 fully saturated rings. The predicted molar refractivity (Wildman–Crippen MR) is 73.5 cm³/mol. The summed E-state index contributed by atoms with van der Waals surface area (Å²) >= 11 is 0. The minimum atomic E-state index is -0.372. The Kier molecular flexibility index (Phi) is 12.3. The first-order chi connectivity index (χ1) is 8.40. The average molecular weight is 256 g/mol. The van der Waals surface area contributed by atoms with Gasteiger partial charge in [0.2, 0.25) is 11.8 Å². The molecule has 2 amide bonds. The van der Waals surface area contributed by atoms with Crippen LogP contribution in [0.5, 0.6) is 0 Å². The Bertz CT molecular complexity index is 300. The molecule has 0 bridgehead atoms. The summed E-state index contributed by atoms with van der Waals surface area (Å²) in [5, 5.41) is 0. The number of hydrogen-bond acceptors (Lipinski definition) is 4. The number of carbonyl (C=O) groups excluding carboxylic acids is 2. The first-order valence-corrected chi connectivity index (χ1v) is 5.64. The second-order valence-corrected chi connectivity index (χ2v) is 3.58. The Balaban J connectivity index is 0. The van der Waals surface area contributed by atoms with Gasteiger partial charge < -0.3 is 22.1 Å². The fourth-order valence-corrected chi connectivity index (χ4v) is 0.860. The second kappa shape index (κ2) is 11.8. The zero-order valence-corrected chi connectivity index (χ0v) is 11.2. The van der Waals surface area contributed by atoms with Crippen molar-refractivity contribution in [2.75, 3.05) is 26.7 Å². The molecule has 0 spiro atoms. The minimum absolute atomic E-state index is 0.0829. The number of primary amides is 1. The number of nitrogens with two attached hydrogens (primary N) is 3. The molecule has 6 nitrogen and oxygen atoms in total. The Morgan fingerprint density at radius 2 is 1.83 bits per heavy atom. The van der Waals surface area contributed by atoms with Gasteiger partial charge in [-0.2, -0.15) is 0 Å². The van der Waals surface area contributed by atoms with Crippen LogP contribution in [0.15, 0.2) is 24.3 Å². The van der Waals surface area contributed by atoms with Crippen molar-refractivity contribution in [3.8, 4) is 0 Å². The van der Waals surface area contributed by atoms with E-state index in [0.717, 1.165) is 6.42 Å². The Morgan fingerprint density at radius 1 is 1.28 bits per heavy atom. The highest BCUT2D eigenvalue weighted by molar-refractivity contribution is 5.91. The molecule has 0 rings (SSSR count). The van der Waals surface area contributed by atoms with Gasteiger partial charge in [-0.05, 0) is 26.0 Å². The smallest absolute Gasteiger partial charge is 0.245 e. The van der Waals surface area contributed by atoms with Gasteiger partial charge in [-0.15, -0.1) is 0 Å². The van der Waals surface area contributed by atoms with Gasteiger partial charge in [0.25, 0.3) is 0 Å². The normalized spacial score (nSPS) is 10.1. The van der Waals surface area contributed by atoms with Crippen molar-refractivity contribution in [2.24, 2.45) is 17.2 Å². The van der Waals surface area contributed by atoms with Crippen LogP contribution < -0.4 is 17.2 Å². The van der Waals surface area contributed by atoms with Gasteiger partial charge in [0, 0.05) is 25.7 Å². The summed E-state index contributed by atoms with van der Waals surface area (Å²) in [5.74, 6) is -0.455. The number of likely N-dealkylation sites (N-methyl/N-ethyl adjacent to an activating group) is 1. The average Bonchev–Trinajstić information content (AvgIpc) is 2.35. The minimum Gasteiger partial charge on any atom is -0.366 e. The van der Waals surface area contributed by atoms with Crippen LogP contribution in [0.2, 0.25) is 0 Å². The highest BCUT2D eigenvalue weighted by Gasteiger charge is 1.99. The van der Waals surface area contributed by atoms with Gasteiger partial charge in [0.05, 0.1) is 0 Å². The fraction of sp³-hybridized carbons (Fsp3) is 0.500. The Hall–Kier alpha value is -1.66. The number of amides is 2. The van der Waals surface area contributed by atoms with Crippen molar-refractivity contribution in [3.63, 3.8) is 0 Å². The third-order valence-electron chi connectivity index (χ3n) is 2.02. The molecule has 0 atom stereocenters. The van der Waals surface area contributed by atoms with E-state index in [4.69, 9.17) is 17.2 Å². The molecular weight excluding hydrogens is 232 g/mol. The number of hydrogen-bond donors (Lipinski definition) is 3. The maximum absolute atomic E-state index is 10.7. The molecular formula is C12H24N4O2. The highest BCUT2D eigenvalue weighted by atomic mass is 16.2. The molecule has 0 aliphatic heterocycles. The van der Waals surface area contributed by atoms with Crippen LogP contribution >= 0.6 is 0 Å². The summed E-state index contributed by atoms with van der Waals surface area (Å²) in [5.41, 5.74) is 15.9. The zero-order valence-electron chi connectivity index (χ0n) is 11.2. The van der Waals surface area contributed by atoms with Crippen LogP contribution in [-0.4, -0.2) is 43.4 Å². The highest BCUT2D eigenvalue weighted by Crippen LogP contribution is 1.91. The van der Waals surface area contributed by atoms with Crippen molar-refractivity contribution in [1.29, 1.82) is 0 Å². The third kappa shape index (κ3) is 10.8. The molecule has 0 aliphatic carbocycles. The van der Waals surface area contributed by atoms with E-state index < -0.39 is 0 Å². The lowest BCUT2D eigenvalue weighted by atomic mass is 10.2. The largest absolute Gasteiger partial charge is 0.366 e. The van der Waals surface area contributed by atoms with E-state index in [1.165, 1.54) is 11.0 Å². The van der Waals surface area contributed by atoms with E-state index in [2.05, 4.69) is 6.58 Å². The molecule has 0 heterocycles. The van der Waals surface area contributed by atoms with Crippen LogP contribution in [0.25, 0.3) is 0 Å². The molecule has 0 radical (unpaired) electrons. The maximum atomic E-state index is 10.7. The van der Waals surface area contributed by atoms with Crippen molar-refractivity contribution < 1.29 is 9.59 Å². The van der Waals surface area contributed by atoms with E-state index in [1.807, 2.05) is 0 Å². The van der Waals surface area contributed by atoms with Crippen molar-refractivity contribution in [3.05, 3.63) is 24.3 Å². The van der Waals surface area contributed by atoms with Crippen LogP contribution in [0.4, 0.5) is 0 Å². The Labute approximate surface area is 108 Å². The number of carbonyl (C=O) groups is 2. The van der Waals surface area contributed by atoms with Gasteiger partial charge in [-0.1, -0.05) is 12.7 Å². The van der Waals surface area contributed by atoms with Crippen LogP contribution in [0, 0.1) is 0 Å². The SMILES string of the molecule is C=CC(=O)N(C)CCN.CC(=CCCN)C(N)=O. The van der Waals surface area contributed by atoms with Crippen LogP contribution in [0.3, 0.4) is 0 Å². The lowest BCUT2D eigenvalue weighted by Crippen LogP contribution is -2.29. The molecule has 0 aromatic rings. The molecule has 0 saturated heterocycles. The summed E-state index contributed by atoms with van der Waals surface area (Å²) in [6, 6.07) is 0. The lowest BCUT2D eigenvalue weighted by Gasteiger charge is -2.12. The summed E-state index contributed by atoms with van der Waals surface area (Å²) in [6.07, 6.45) is 3.73. The molecule has 18 heavy (non-hydrogen) atoms. The summed E-state index contributed by atoms with van der Waals surface area (Å²) in [7, 11) is 1.69. The van der Waals surface area contributed by atoms with Gasteiger partial charge in [-0.25, -0.2) is 0 Å². The van der Waals surface area contributed by atoms with E-state index in [0.29, 0.717) is 25.2 Å². The van der Waals surface area contributed by atoms with Gasteiger partial charge in [0.1, 0.15) is 0 Å². The van der Waals surface area contributed by atoms with E-state index in [-0.39, 0.29) is 11.8 Å². The second-order valence-electron chi connectivity index (χ2n) is 3.58. The predicted octanol–water partition coefficient (Wildman–Crippen LogP) is -0.644. The van der Waals surface area contributed by atoms with Crippen molar-refractivity contribution in [2.45, 2.75) is 13.3 Å². The Morgan fingerprint density at radius 3 is 2.17 bits per heavy atom. The van der Waals surface area contributed by atoms with Crippen molar-refractivity contribution in [1.82, 2.24) is 4.90 Å². The summed E-state index contributed by atoms with van der Waals surface area (Å²) in [4.78, 5) is 22.5. The topological polar surface area (TPSA) is 115 Å². The summed E-state index contributed by atoms with van der Waals surface area (Å²) in [6.45, 7) is 6.65. The summed E-state index contributed by atoms with van der Waals surface area (Å²) < 4.78 is 0.